The minimum atomic E-state index is -1.51. The Balaban J connectivity index is 2.90. The Morgan fingerprint density at radius 3 is 2.07 bits per heavy atom. The molecule has 0 spiro atoms. The minimum Gasteiger partial charge on any atom is -0.544 e. The van der Waals surface area contributed by atoms with Crippen molar-refractivity contribution in [1.29, 1.82) is 0 Å². The van der Waals surface area contributed by atoms with Gasteiger partial charge < -0.3 is 4.43 Å². The zero-order chi connectivity index (χ0) is 11.5. The molecule has 0 aliphatic rings. The Labute approximate surface area is 93.9 Å². The maximum atomic E-state index is 6.01. The number of hydrogen-bond acceptors (Lipinski definition) is 1. The minimum absolute atomic E-state index is 1.01. The van der Waals surface area contributed by atoms with Gasteiger partial charge in [-0.1, -0.05) is 29.8 Å². The van der Waals surface area contributed by atoms with Crippen molar-refractivity contribution in [2.24, 2.45) is 0 Å². The SMILES string of the molecule is C/C=C(/O[Si](C)(C)C)c1ccc(C)cc1. The van der Waals surface area contributed by atoms with Crippen molar-refractivity contribution in [3.8, 4) is 0 Å². The van der Waals surface area contributed by atoms with Crippen LogP contribution in [0, 0.1) is 6.92 Å². The van der Waals surface area contributed by atoms with E-state index >= 15 is 0 Å². The molecular formula is C13H20OSi. The van der Waals surface area contributed by atoms with Crippen molar-refractivity contribution in [2.45, 2.75) is 33.5 Å². The van der Waals surface area contributed by atoms with E-state index in [4.69, 9.17) is 4.43 Å². The Morgan fingerprint density at radius 1 is 1.13 bits per heavy atom. The summed E-state index contributed by atoms with van der Waals surface area (Å²) in [6.45, 7) is 10.7. The van der Waals surface area contributed by atoms with Crippen LogP contribution in [0.5, 0.6) is 0 Å². The first kappa shape index (κ1) is 12.0. The van der Waals surface area contributed by atoms with Gasteiger partial charge in [0.2, 0.25) is 8.32 Å². The summed E-state index contributed by atoms with van der Waals surface area (Å²) in [5, 5.41) is 0. The fourth-order valence-corrected chi connectivity index (χ4v) is 2.23. The molecule has 1 rings (SSSR count). The molecule has 0 saturated heterocycles. The van der Waals surface area contributed by atoms with Crippen molar-refractivity contribution < 1.29 is 4.43 Å². The number of aryl methyl sites for hydroxylation is 1. The van der Waals surface area contributed by atoms with E-state index in [1.807, 2.05) is 13.0 Å². The van der Waals surface area contributed by atoms with Crippen LogP contribution >= 0.6 is 0 Å². The molecule has 0 aliphatic heterocycles. The van der Waals surface area contributed by atoms with Crippen molar-refractivity contribution in [2.75, 3.05) is 0 Å². The van der Waals surface area contributed by atoms with E-state index in [1.54, 1.807) is 0 Å². The van der Waals surface area contributed by atoms with E-state index in [-0.39, 0.29) is 0 Å². The quantitative estimate of drug-likeness (QED) is 0.548. The molecule has 15 heavy (non-hydrogen) atoms. The molecule has 1 nitrogen and oxygen atoms in total. The van der Waals surface area contributed by atoms with Crippen LogP contribution in [-0.4, -0.2) is 8.32 Å². The predicted molar refractivity (Wildman–Crippen MR) is 69.3 cm³/mol. The lowest BCUT2D eigenvalue weighted by Crippen LogP contribution is -2.24. The average Bonchev–Trinajstić information content (AvgIpc) is 2.14. The zero-order valence-corrected chi connectivity index (χ0v) is 11.3. The lowest BCUT2D eigenvalue weighted by molar-refractivity contribution is 0.513. The highest BCUT2D eigenvalue weighted by Crippen LogP contribution is 2.21. The summed E-state index contributed by atoms with van der Waals surface area (Å²) >= 11 is 0. The summed E-state index contributed by atoms with van der Waals surface area (Å²) in [5.41, 5.74) is 2.45. The van der Waals surface area contributed by atoms with Crippen LogP contribution in [0.4, 0.5) is 0 Å². The summed E-state index contributed by atoms with van der Waals surface area (Å²) in [6.07, 6.45) is 2.04. The van der Waals surface area contributed by atoms with Gasteiger partial charge in [-0.3, -0.25) is 0 Å². The molecule has 0 aromatic heterocycles. The first-order valence-electron chi connectivity index (χ1n) is 5.35. The van der Waals surface area contributed by atoms with Gasteiger partial charge >= 0.3 is 0 Å². The molecule has 2 heteroatoms. The second-order valence-corrected chi connectivity index (χ2v) is 9.16. The van der Waals surface area contributed by atoms with Crippen LogP contribution in [0.2, 0.25) is 19.6 Å². The fraction of sp³-hybridized carbons (Fsp3) is 0.385. The van der Waals surface area contributed by atoms with Crippen LogP contribution in [0.1, 0.15) is 18.1 Å². The van der Waals surface area contributed by atoms with Crippen LogP contribution in [-0.2, 0) is 4.43 Å². The van der Waals surface area contributed by atoms with Crippen molar-refractivity contribution in [1.82, 2.24) is 0 Å². The monoisotopic (exact) mass is 220 g/mol. The second kappa shape index (κ2) is 4.66. The molecule has 0 bridgehead atoms. The Kier molecular flexibility index (Phi) is 3.75. The number of allylic oxidation sites excluding steroid dienone is 1. The molecule has 0 atom stereocenters. The smallest absolute Gasteiger partial charge is 0.242 e. The molecule has 1 aromatic carbocycles. The number of rotatable bonds is 3. The highest BCUT2D eigenvalue weighted by molar-refractivity contribution is 6.70. The molecule has 0 heterocycles. The van der Waals surface area contributed by atoms with E-state index in [1.165, 1.54) is 11.1 Å². The van der Waals surface area contributed by atoms with Gasteiger partial charge in [0.1, 0.15) is 5.76 Å². The van der Waals surface area contributed by atoms with E-state index < -0.39 is 8.32 Å². The van der Waals surface area contributed by atoms with Gasteiger partial charge in [0, 0.05) is 5.56 Å². The van der Waals surface area contributed by atoms with Gasteiger partial charge in [-0.05, 0) is 39.6 Å². The van der Waals surface area contributed by atoms with E-state index in [0.29, 0.717) is 0 Å². The summed E-state index contributed by atoms with van der Waals surface area (Å²) in [7, 11) is -1.51. The molecule has 0 unspecified atom stereocenters. The maximum absolute atomic E-state index is 6.01. The molecule has 1 aromatic rings. The van der Waals surface area contributed by atoms with Gasteiger partial charge in [0.25, 0.3) is 0 Å². The Bertz CT molecular complexity index is 344. The second-order valence-electron chi connectivity index (χ2n) is 4.73. The standard InChI is InChI=1S/C13H20OSi/c1-6-13(14-15(3,4)5)12-9-7-11(2)8-10-12/h6-10H,1-5H3/b13-6+. The fourth-order valence-electron chi connectivity index (χ4n) is 1.33. The molecule has 0 amide bonds. The molecule has 0 radical (unpaired) electrons. The third kappa shape index (κ3) is 3.92. The molecule has 0 aliphatic carbocycles. The Morgan fingerprint density at radius 2 is 1.67 bits per heavy atom. The summed E-state index contributed by atoms with van der Waals surface area (Å²) < 4.78 is 6.01. The Hall–Kier alpha value is -1.02. The highest BCUT2D eigenvalue weighted by Gasteiger charge is 2.17. The zero-order valence-electron chi connectivity index (χ0n) is 10.3. The van der Waals surface area contributed by atoms with Crippen LogP contribution in [0.15, 0.2) is 30.3 Å². The van der Waals surface area contributed by atoms with Crippen LogP contribution in [0.25, 0.3) is 5.76 Å². The third-order valence-corrected chi connectivity index (χ3v) is 2.85. The lowest BCUT2D eigenvalue weighted by Gasteiger charge is -2.22. The van der Waals surface area contributed by atoms with E-state index in [2.05, 4.69) is 50.8 Å². The number of benzene rings is 1. The van der Waals surface area contributed by atoms with Crippen LogP contribution in [0.3, 0.4) is 0 Å². The normalized spacial score (nSPS) is 12.7. The van der Waals surface area contributed by atoms with Gasteiger partial charge in [-0.15, -0.1) is 0 Å². The highest BCUT2D eigenvalue weighted by atomic mass is 28.4. The first-order valence-corrected chi connectivity index (χ1v) is 8.75. The molecule has 0 N–H and O–H groups in total. The maximum Gasteiger partial charge on any atom is 0.242 e. The number of hydrogen-bond donors (Lipinski definition) is 0. The van der Waals surface area contributed by atoms with Crippen LogP contribution < -0.4 is 0 Å². The molecule has 82 valence electrons. The molecular weight excluding hydrogens is 200 g/mol. The molecule has 0 saturated carbocycles. The largest absolute Gasteiger partial charge is 0.544 e. The van der Waals surface area contributed by atoms with Crippen molar-refractivity contribution in [3.05, 3.63) is 41.5 Å². The topological polar surface area (TPSA) is 9.23 Å². The van der Waals surface area contributed by atoms with Gasteiger partial charge in [0.15, 0.2) is 0 Å². The van der Waals surface area contributed by atoms with Crippen molar-refractivity contribution >= 4 is 14.1 Å². The third-order valence-electron chi connectivity index (χ3n) is 2.01. The van der Waals surface area contributed by atoms with E-state index in [9.17, 15) is 0 Å². The lowest BCUT2D eigenvalue weighted by atomic mass is 10.1. The van der Waals surface area contributed by atoms with Crippen molar-refractivity contribution in [3.63, 3.8) is 0 Å². The van der Waals surface area contributed by atoms with Gasteiger partial charge in [-0.25, -0.2) is 0 Å². The van der Waals surface area contributed by atoms with Gasteiger partial charge in [0.05, 0.1) is 0 Å². The summed E-state index contributed by atoms with van der Waals surface area (Å²) in [4.78, 5) is 0. The summed E-state index contributed by atoms with van der Waals surface area (Å²) in [6, 6.07) is 8.47. The predicted octanol–water partition coefficient (Wildman–Crippen LogP) is 4.21. The first-order chi connectivity index (χ1) is 6.92. The average molecular weight is 220 g/mol. The molecule has 0 fully saturated rings. The van der Waals surface area contributed by atoms with E-state index in [0.717, 1.165) is 5.76 Å². The van der Waals surface area contributed by atoms with Gasteiger partial charge in [-0.2, -0.15) is 0 Å². The summed E-state index contributed by atoms with van der Waals surface area (Å²) in [5.74, 6) is 1.01.